The maximum Gasteiger partial charge on any atom is 0.150 e. The molecule has 2 fully saturated rings. The highest BCUT2D eigenvalue weighted by atomic mass is 32.2. The van der Waals surface area contributed by atoms with Crippen LogP contribution in [-0.4, -0.2) is 64.1 Å². The van der Waals surface area contributed by atoms with Crippen LogP contribution in [0.15, 0.2) is 0 Å². The van der Waals surface area contributed by atoms with Crippen molar-refractivity contribution in [2.24, 2.45) is 17.6 Å². The second-order valence-electron chi connectivity index (χ2n) is 5.21. The molecule has 17 heavy (non-hydrogen) atoms. The lowest BCUT2D eigenvalue weighted by Gasteiger charge is -2.32. The van der Waals surface area contributed by atoms with Gasteiger partial charge in [-0.25, -0.2) is 8.42 Å². The molecule has 0 aliphatic carbocycles. The van der Waals surface area contributed by atoms with Gasteiger partial charge >= 0.3 is 0 Å². The summed E-state index contributed by atoms with van der Waals surface area (Å²) in [5, 5.41) is 3.32. The summed E-state index contributed by atoms with van der Waals surface area (Å²) in [5.74, 6) is 1.32. The van der Waals surface area contributed by atoms with Crippen LogP contribution >= 0.6 is 0 Å². The van der Waals surface area contributed by atoms with E-state index in [1.807, 2.05) is 0 Å². The summed E-state index contributed by atoms with van der Waals surface area (Å²) >= 11 is 0. The van der Waals surface area contributed by atoms with Gasteiger partial charge in [0.05, 0.1) is 11.5 Å². The van der Waals surface area contributed by atoms with Gasteiger partial charge in [0.25, 0.3) is 0 Å². The first-order chi connectivity index (χ1) is 8.11. The van der Waals surface area contributed by atoms with E-state index in [4.69, 9.17) is 5.73 Å². The molecule has 2 atom stereocenters. The minimum atomic E-state index is -2.78. The lowest BCUT2D eigenvalue weighted by atomic mass is 9.91. The Morgan fingerprint density at radius 1 is 1.35 bits per heavy atom. The second kappa shape index (κ2) is 5.65. The van der Waals surface area contributed by atoms with E-state index >= 15 is 0 Å². The molecule has 0 aromatic rings. The van der Waals surface area contributed by atoms with E-state index in [1.54, 1.807) is 0 Å². The first kappa shape index (κ1) is 13.3. The smallest absolute Gasteiger partial charge is 0.150 e. The van der Waals surface area contributed by atoms with Gasteiger partial charge in [-0.05, 0) is 24.8 Å². The van der Waals surface area contributed by atoms with E-state index < -0.39 is 9.84 Å². The molecule has 0 aromatic carbocycles. The van der Waals surface area contributed by atoms with Crippen LogP contribution in [0.1, 0.15) is 6.42 Å². The Hall–Kier alpha value is -0.170. The summed E-state index contributed by atoms with van der Waals surface area (Å²) in [7, 11) is -2.78. The van der Waals surface area contributed by atoms with Gasteiger partial charge in [-0.3, -0.25) is 0 Å². The average molecular weight is 261 g/mol. The minimum Gasteiger partial charge on any atom is -0.330 e. The fraction of sp³-hybridized carbons (Fsp3) is 1.00. The summed E-state index contributed by atoms with van der Waals surface area (Å²) in [4.78, 5) is 2.40. The number of nitrogens with one attached hydrogen (secondary N) is 1. The lowest BCUT2D eigenvalue weighted by molar-refractivity contribution is 0.182. The standard InChI is InChI=1S/C11H23N3O2S/c12-7-11(8-14-4-2-13-3-5-14)10-1-6-17(15,16)9-10/h10-11,13H,1-9,12H2. The molecular weight excluding hydrogens is 238 g/mol. The van der Waals surface area contributed by atoms with Crippen molar-refractivity contribution in [3.05, 3.63) is 0 Å². The van der Waals surface area contributed by atoms with Crippen LogP contribution in [0.25, 0.3) is 0 Å². The van der Waals surface area contributed by atoms with Gasteiger partial charge < -0.3 is 16.0 Å². The summed E-state index contributed by atoms with van der Waals surface area (Å²) in [5.41, 5.74) is 5.82. The Kier molecular flexibility index (Phi) is 4.41. The largest absolute Gasteiger partial charge is 0.330 e. The summed E-state index contributed by atoms with van der Waals surface area (Å²) in [6.07, 6.45) is 0.802. The molecule has 2 unspecified atom stereocenters. The highest BCUT2D eigenvalue weighted by Crippen LogP contribution is 2.26. The molecule has 0 radical (unpaired) electrons. The second-order valence-corrected chi connectivity index (χ2v) is 7.44. The molecule has 6 heteroatoms. The van der Waals surface area contributed by atoms with Crippen molar-refractivity contribution in [1.29, 1.82) is 0 Å². The van der Waals surface area contributed by atoms with E-state index in [-0.39, 0.29) is 5.92 Å². The molecular formula is C11H23N3O2S. The number of nitrogens with two attached hydrogens (primary N) is 1. The molecule has 2 saturated heterocycles. The van der Waals surface area contributed by atoms with Gasteiger partial charge in [0, 0.05) is 32.7 Å². The fourth-order valence-electron chi connectivity index (χ4n) is 2.84. The van der Waals surface area contributed by atoms with E-state index in [9.17, 15) is 8.42 Å². The quantitative estimate of drug-likeness (QED) is 0.672. The molecule has 0 saturated carbocycles. The summed E-state index contributed by atoms with van der Waals surface area (Å²) in [6.45, 7) is 5.72. The first-order valence-electron chi connectivity index (χ1n) is 6.44. The third-order valence-electron chi connectivity index (χ3n) is 3.94. The lowest BCUT2D eigenvalue weighted by Crippen LogP contribution is -2.47. The zero-order chi connectivity index (χ0) is 12.3. The number of nitrogens with zero attached hydrogens (tertiary/aromatic N) is 1. The third kappa shape index (κ3) is 3.64. The molecule has 100 valence electrons. The van der Waals surface area contributed by atoms with Crippen molar-refractivity contribution in [2.45, 2.75) is 6.42 Å². The number of sulfone groups is 1. The topological polar surface area (TPSA) is 75.4 Å². The molecule has 3 N–H and O–H groups in total. The van der Waals surface area contributed by atoms with Crippen LogP contribution in [0.3, 0.4) is 0 Å². The van der Waals surface area contributed by atoms with Gasteiger partial charge in [-0.1, -0.05) is 0 Å². The van der Waals surface area contributed by atoms with E-state index in [1.165, 1.54) is 0 Å². The third-order valence-corrected chi connectivity index (χ3v) is 5.73. The predicted octanol–water partition coefficient (Wildman–Crippen LogP) is -1.10. The molecule has 2 aliphatic rings. The van der Waals surface area contributed by atoms with Crippen molar-refractivity contribution in [3.63, 3.8) is 0 Å². The molecule has 2 aliphatic heterocycles. The maximum atomic E-state index is 11.5. The molecule has 5 nitrogen and oxygen atoms in total. The molecule has 0 spiro atoms. The van der Waals surface area contributed by atoms with Gasteiger partial charge in [-0.15, -0.1) is 0 Å². The number of hydrogen-bond acceptors (Lipinski definition) is 5. The normalized spacial score (nSPS) is 31.5. The van der Waals surface area contributed by atoms with Gasteiger partial charge in [0.2, 0.25) is 0 Å². The van der Waals surface area contributed by atoms with Gasteiger partial charge in [0.15, 0.2) is 9.84 Å². The molecule has 2 rings (SSSR count). The zero-order valence-corrected chi connectivity index (χ0v) is 11.1. The Morgan fingerprint density at radius 2 is 2.06 bits per heavy atom. The van der Waals surface area contributed by atoms with Crippen molar-refractivity contribution in [3.8, 4) is 0 Å². The van der Waals surface area contributed by atoms with Crippen LogP contribution in [0, 0.1) is 11.8 Å². The Balaban J connectivity index is 1.88. The van der Waals surface area contributed by atoms with Crippen LogP contribution in [0.4, 0.5) is 0 Å². The van der Waals surface area contributed by atoms with Crippen LogP contribution in [0.5, 0.6) is 0 Å². The summed E-state index contributed by atoms with van der Waals surface area (Å²) in [6, 6.07) is 0. The van der Waals surface area contributed by atoms with Crippen molar-refractivity contribution >= 4 is 9.84 Å². The van der Waals surface area contributed by atoms with E-state index in [0.717, 1.165) is 39.1 Å². The highest BCUT2D eigenvalue weighted by Gasteiger charge is 2.33. The average Bonchev–Trinajstić information content (AvgIpc) is 2.68. The highest BCUT2D eigenvalue weighted by molar-refractivity contribution is 7.91. The number of rotatable bonds is 4. The van der Waals surface area contributed by atoms with E-state index in [0.29, 0.717) is 24.0 Å². The van der Waals surface area contributed by atoms with E-state index in [2.05, 4.69) is 10.2 Å². The van der Waals surface area contributed by atoms with Crippen molar-refractivity contribution < 1.29 is 8.42 Å². The monoisotopic (exact) mass is 261 g/mol. The number of piperazine rings is 1. The molecule has 2 heterocycles. The molecule has 0 amide bonds. The Labute approximate surface area is 104 Å². The molecule has 0 aromatic heterocycles. The summed E-state index contributed by atoms with van der Waals surface area (Å²) < 4.78 is 23.0. The van der Waals surface area contributed by atoms with Gasteiger partial charge in [-0.2, -0.15) is 0 Å². The fourth-order valence-corrected chi connectivity index (χ4v) is 4.76. The molecule has 0 bridgehead atoms. The van der Waals surface area contributed by atoms with Crippen LogP contribution < -0.4 is 11.1 Å². The Bertz CT molecular complexity index is 339. The number of hydrogen-bond donors (Lipinski definition) is 2. The Morgan fingerprint density at radius 3 is 2.59 bits per heavy atom. The predicted molar refractivity (Wildman–Crippen MR) is 68.6 cm³/mol. The first-order valence-corrected chi connectivity index (χ1v) is 8.26. The van der Waals surface area contributed by atoms with Crippen molar-refractivity contribution in [2.75, 3.05) is 50.8 Å². The van der Waals surface area contributed by atoms with Gasteiger partial charge in [0.1, 0.15) is 0 Å². The van der Waals surface area contributed by atoms with Crippen LogP contribution in [-0.2, 0) is 9.84 Å². The maximum absolute atomic E-state index is 11.5. The zero-order valence-electron chi connectivity index (χ0n) is 10.3. The SMILES string of the molecule is NCC(CN1CCNCC1)C1CCS(=O)(=O)C1. The van der Waals surface area contributed by atoms with Crippen molar-refractivity contribution in [1.82, 2.24) is 10.2 Å². The minimum absolute atomic E-state index is 0.278. The van der Waals surface area contributed by atoms with Crippen LogP contribution in [0.2, 0.25) is 0 Å².